The van der Waals surface area contributed by atoms with E-state index in [-0.39, 0.29) is 5.41 Å². The maximum absolute atomic E-state index is 4.71. The molecule has 1 aliphatic rings. The van der Waals surface area contributed by atoms with Crippen molar-refractivity contribution in [3.05, 3.63) is 23.9 Å². The molecule has 1 fully saturated rings. The monoisotopic (exact) mass is 324 g/mol. The third-order valence-electron chi connectivity index (χ3n) is 3.96. The van der Waals surface area contributed by atoms with Gasteiger partial charge in [0.1, 0.15) is 5.82 Å². The predicted molar refractivity (Wildman–Crippen MR) is 86.3 cm³/mol. The molecule has 0 spiro atoms. The zero-order chi connectivity index (χ0) is 13.9. The number of nitrogens with zero attached hydrogens (tertiary/aromatic N) is 2. The highest BCUT2D eigenvalue weighted by Crippen LogP contribution is 2.30. The van der Waals surface area contributed by atoms with Crippen LogP contribution in [0.2, 0.25) is 0 Å². The molecule has 0 saturated heterocycles. The Morgan fingerprint density at radius 1 is 1.32 bits per heavy atom. The smallest absolute Gasteiger partial charge is 0.128 e. The minimum atomic E-state index is 0.183. The van der Waals surface area contributed by atoms with E-state index in [4.69, 9.17) is 4.98 Å². The topological polar surface area (TPSA) is 16.1 Å². The second kappa shape index (κ2) is 6.25. The molecular formula is C16H25BrN2. The Bertz CT molecular complexity index is 390. The van der Waals surface area contributed by atoms with Gasteiger partial charge in [-0.05, 0) is 42.7 Å². The Balaban J connectivity index is 2.12. The molecule has 1 saturated carbocycles. The van der Waals surface area contributed by atoms with Crippen LogP contribution in [0, 0.1) is 0 Å². The Hall–Kier alpha value is -0.570. The van der Waals surface area contributed by atoms with Crippen LogP contribution in [0.4, 0.5) is 5.82 Å². The summed E-state index contributed by atoms with van der Waals surface area (Å²) in [6, 6.07) is 5.15. The summed E-state index contributed by atoms with van der Waals surface area (Å²) >= 11 is 3.53. The van der Waals surface area contributed by atoms with E-state index in [0.717, 1.165) is 17.7 Å². The summed E-state index contributed by atoms with van der Waals surface area (Å²) in [5.41, 5.74) is 1.49. The van der Waals surface area contributed by atoms with Crippen molar-refractivity contribution in [2.75, 3.05) is 16.8 Å². The highest BCUT2D eigenvalue weighted by Gasteiger charge is 2.25. The van der Waals surface area contributed by atoms with Gasteiger partial charge in [0, 0.05) is 24.1 Å². The normalized spacial score (nSPS) is 16.2. The minimum absolute atomic E-state index is 0.183. The summed E-state index contributed by atoms with van der Waals surface area (Å²) in [5, 5.41) is 1.07. The van der Waals surface area contributed by atoms with Crippen molar-refractivity contribution >= 4 is 21.7 Å². The van der Waals surface area contributed by atoms with Crippen molar-refractivity contribution < 1.29 is 0 Å². The summed E-state index contributed by atoms with van der Waals surface area (Å²) in [4.78, 5) is 7.21. The number of hydrogen-bond donors (Lipinski definition) is 0. The SMILES string of the molecule is CC(C)(C)c1ccc(N(CCCBr)C2CCC2)nc1. The molecule has 0 bridgehead atoms. The van der Waals surface area contributed by atoms with Gasteiger partial charge in [0.05, 0.1) is 0 Å². The third-order valence-corrected chi connectivity index (χ3v) is 4.52. The molecule has 2 nitrogen and oxygen atoms in total. The molecular weight excluding hydrogens is 300 g/mol. The number of pyridine rings is 1. The molecule has 3 heteroatoms. The lowest BCUT2D eigenvalue weighted by Gasteiger charge is -2.38. The van der Waals surface area contributed by atoms with Gasteiger partial charge in [0.25, 0.3) is 0 Å². The van der Waals surface area contributed by atoms with E-state index < -0.39 is 0 Å². The summed E-state index contributed by atoms with van der Waals surface area (Å²) < 4.78 is 0. The molecule has 106 valence electrons. The minimum Gasteiger partial charge on any atom is -0.354 e. The molecule has 1 aromatic heterocycles. The maximum atomic E-state index is 4.71. The van der Waals surface area contributed by atoms with Crippen LogP contribution in [-0.2, 0) is 5.41 Å². The van der Waals surface area contributed by atoms with E-state index in [1.807, 2.05) is 0 Å². The van der Waals surface area contributed by atoms with Crippen molar-refractivity contribution in [1.82, 2.24) is 4.98 Å². The predicted octanol–water partition coefficient (Wildman–Crippen LogP) is 4.52. The average Bonchev–Trinajstić information content (AvgIpc) is 2.31. The van der Waals surface area contributed by atoms with E-state index in [9.17, 15) is 0 Å². The van der Waals surface area contributed by atoms with Crippen molar-refractivity contribution in [3.63, 3.8) is 0 Å². The zero-order valence-electron chi connectivity index (χ0n) is 12.3. The molecule has 19 heavy (non-hydrogen) atoms. The van der Waals surface area contributed by atoms with Crippen molar-refractivity contribution in [1.29, 1.82) is 0 Å². The summed E-state index contributed by atoms with van der Waals surface area (Å²) in [7, 11) is 0. The molecule has 0 aromatic carbocycles. The molecule has 0 aliphatic heterocycles. The van der Waals surface area contributed by atoms with Crippen LogP contribution >= 0.6 is 15.9 Å². The molecule has 1 heterocycles. The molecule has 0 amide bonds. The zero-order valence-corrected chi connectivity index (χ0v) is 13.9. The molecule has 1 aliphatic carbocycles. The summed E-state index contributed by atoms with van der Waals surface area (Å²) in [5.74, 6) is 1.15. The van der Waals surface area contributed by atoms with E-state index in [0.29, 0.717) is 6.04 Å². The fraction of sp³-hybridized carbons (Fsp3) is 0.688. The van der Waals surface area contributed by atoms with Gasteiger partial charge in [-0.15, -0.1) is 0 Å². The van der Waals surface area contributed by atoms with Crippen LogP contribution in [0.15, 0.2) is 18.3 Å². The fourth-order valence-electron chi connectivity index (χ4n) is 2.41. The van der Waals surface area contributed by atoms with Crippen LogP contribution in [0.25, 0.3) is 0 Å². The molecule has 0 atom stereocenters. The van der Waals surface area contributed by atoms with Gasteiger partial charge in [-0.2, -0.15) is 0 Å². The third kappa shape index (κ3) is 3.71. The largest absolute Gasteiger partial charge is 0.354 e. The molecule has 0 radical (unpaired) electrons. The molecule has 0 N–H and O–H groups in total. The van der Waals surface area contributed by atoms with Crippen molar-refractivity contribution in [2.45, 2.75) is 57.9 Å². The second-order valence-corrected chi connectivity index (χ2v) is 7.27. The number of rotatable bonds is 5. The lowest BCUT2D eigenvalue weighted by atomic mass is 9.88. The number of halogens is 1. The quantitative estimate of drug-likeness (QED) is 0.740. The fourth-order valence-corrected chi connectivity index (χ4v) is 2.66. The van der Waals surface area contributed by atoms with Crippen molar-refractivity contribution in [2.24, 2.45) is 0 Å². The molecule has 1 aromatic rings. The van der Waals surface area contributed by atoms with E-state index in [2.05, 4.69) is 59.9 Å². The van der Waals surface area contributed by atoms with E-state index in [1.54, 1.807) is 0 Å². The summed E-state index contributed by atoms with van der Waals surface area (Å²) in [6.07, 6.45) is 7.25. The maximum Gasteiger partial charge on any atom is 0.128 e. The standard InChI is InChI=1S/C16H25BrN2/c1-16(2,3)13-8-9-15(18-12-13)19(11-5-10-17)14-6-4-7-14/h8-9,12,14H,4-7,10-11H2,1-3H3. The number of hydrogen-bond acceptors (Lipinski definition) is 2. The number of alkyl halides is 1. The van der Waals surface area contributed by atoms with Gasteiger partial charge in [-0.25, -0.2) is 4.98 Å². The van der Waals surface area contributed by atoms with Crippen LogP contribution in [0.1, 0.15) is 52.0 Å². The Labute approximate surface area is 125 Å². The number of anilines is 1. The van der Waals surface area contributed by atoms with Gasteiger partial charge >= 0.3 is 0 Å². The molecule has 0 unspecified atom stereocenters. The van der Waals surface area contributed by atoms with Gasteiger partial charge in [-0.3, -0.25) is 0 Å². The number of aromatic nitrogens is 1. The van der Waals surface area contributed by atoms with Crippen LogP contribution < -0.4 is 4.90 Å². The first kappa shape index (κ1) is 14.8. The highest BCUT2D eigenvalue weighted by atomic mass is 79.9. The first-order chi connectivity index (χ1) is 9.02. The second-order valence-electron chi connectivity index (χ2n) is 6.48. The molecule has 2 rings (SSSR count). The Morgan fingerprint density at radius 3 is 2.47 bits per heavy atom. The highest BCUT2D eigenvalue weighted by molar-refractivity contribution is 9.09. The first-order valence-electron chi connectivity index (χ1n) is 7.31. The first-order valence-corrected chi connectivity index (χ1v) is 8.43. The van der Waals surface area contributed by atoms with Gasteiger partial charge in [0.2, 0.25) is 0 Å². The summed E-state index contributed by atoms with van der Waals surface area (Å²) in [6.45, 7) is 7.81. The van der Waals surface area contributed by atoms with Crippen LogP contribution in [0.3, 0.4) is 0 Å². The van der Waals surface area contributed by atoms with Gasteiger partial charge in [-0.1, -0.05) is 42.8 Å². The lowest BCUT2D eigenvalue weighted by molar-refractivity contribution is 0.384. The van der Waals surface area contributed by atoms with Crippen molar-refractivity contribution in [3.8, 4) is 0 Å². The Morgan fingerprint density at radius 2 is 2.05 bits per heavy atom. The van der Waals surface area contributed by atoms with Gasteiger partial charge < -0.3 is 4.90 Å². The van der Waals surface area contributed by atoms with Crippen LogP contribution in [0.5, 0.6) is 0 Å². The lowest BCUT2D eigenvalue weighted by Crippen LogP contribution is -2.41. The Kier molecular flexibility index (Phi) is 4.88. The van der Waals surface area contributed by atoms with E-state index >= 15 is 0 Å². The van der Waals surface area contributed by atoms with Gasteiger partial charge in [0.15, 0.2) is 0 Å². The average molecular weight is 325 g/mol. The van der Waals surface area contributed by atoms with Crippen LogP contribution in [-0.4, -0.2) is 22.9 Å². The van der Waals surface area contributed by atoms with E-state index in [1.165, 1.54) is 31.2 Å².